The van der Waals surface area contributed by atoms with Crippen LogP contribution in [0.15, 0.2) is 23.4 Å². The van der Waals surface area contributed by atoms with E-state index in [4.69, 9.17) is 5.73 Å². The van der Waals surface area contributed by atoms with Crippen LogP contribution in [0.5, 0.6) is 0 Å². The van der Waals surface area contributed by atoms with Crippen LogP contribution >= 0.6 is 0 Å². The Kier molecular flexibility index (Phi) is 1.23. The predicted octanol–water partition coefficient (Wildman–Crippen LogP) is 0.282. The van der Waals surface area contributed by atoms with Crippen LogP contribution < -0.4 is 10.3 Å². The van der Waals surface area contributed by atoms with Gasteiger partial charge >= 0.3 is 0 Å². The van der Waals surface area contributed by atoms with Gasteiger partial charge in [0.05, 0.1) is 14.1 Å². The fourth-order valence-corrected chi connectivity index (χ4v) is 1.40. The molecule has 0 radical (unpaired) electrons. The van der Waals surface area contributed by atoms with E-state index in [2.05, 4.69) is 10.1 Å². The third kappa shape index (κ3) is 0.816. The third-order valence-electron chi connectivity index (χ3n) is 1.94. The molecule has 4 heteroatoms. The molecular formula is C8H11N4+. The lowest BCUT2D eigenvalue weighted by molar-refractivity contribution is 0.423. The summed E-state index contributed by atoms with van der Waals surface area (Å²) in [5.41, 5.74) is 6.66. The van der Waals surface area contributed by atoms with Crippen molar-refractivity contribution in [2.75, 3.05) is 14.1 Å². The maximum absolute atomic E-state index is 5.72. The Bertz CT molecular complexity index is 354. The van der Waals surface area contributed by atoms with Crippen LogP contribution in [0.1, 0.15) is 5.56 Å². The molecule has 0 bridgehead atoms. The molecule has 0 saturated carbocycles. The third-order valence-corrected chi connectivity index (χ3v) is 1.94. The summed E-state index contributed by atoms with van der Waals surface area (Å²) in [5.74, 6) is 1.48. The molecule has 2 N–H and O–H groups in total. The van der Waals surface area contributed by atoms with E-state index in [1.165, 1.54) is 0 Å². The second-order valence-electron chi connectivity index (χ2n) is 3.25. The van der Waals surface area contributed by atoms with E-state index in [0.717, 1.165) is 11.4 Å². The Morgan fingerprint density at radius 2 is 2.17 bits per heavy atom. The lowest BCUT2D eigenvalue weighted by Gasteiger charge is -2.15. The number of amidine groups is 1. The molecule has 4 nitrogen and oxygen atoms in total. The normalized spacial score (nSPS) is 18.7. The van der Waals surface area contributed by atoms with Gasteiger partial charge < -0.3 is 5.73 Å². The molecule has 0 saturated heterocycles. The van der Waals surface area contributed by atoms with Crippen molar-refractivity contribution in [2.45, 2.75) is 0 Å². The van der Waals surface area contributed by atoms with E-state index >= 15 is 0 Å². The molecule has 0 unspecified atom stereocenters. The number of fused-ring (bicyclic) bond motifs is 1. The number of nitrogens with zero attached hydrogens (tertiary/aromatic N) is 3. The second-order valence-corrected chi connectivity index (χ2v) is 3.25. The summed E-state index contributed by atoms with van der Waals surface area (Å²) in [5, 5.41) is 4.26. The second kappa shape index (κ2) is 2.04. The van der Waals surface area contributed by atoms with Crippen molar-refractivity contribution in [1.82, 2.24) is 9.58 Å². The fourth-order valence-electron chi connectivity index (χ4n) is 1.40. The van der Waals surface area contributed by atoms with Crippen LogP contribution in [0, 0.1) is 0 Å². The zero-order valence-electron chi connectivity index (χ0n) is 7.15. The van der Waals surface area contributed by atoms with Crippen LogP contribution in [-0.2, 0) is 0 Å². The van der Waals surface area contributed by atoms with Crippen molar-refractivity contribution < 1.29 is 0 Å². The molecule has 12 heavy (non-hydrogen) atoms. The van der Waals surface area contributed by atoms with Crippen molar-refractivity contribution in [3.63, 3.8) is 0 Å². The van der Waals surface area contributed by atoms with Crippen molar-refractivity contribution >= 4 is 11.7 Å². The average Bonchev–Trinajstić information content (AvgIpc) is 2.25. The maximum Gasteiger partial charge on any atom is 0.265 e. The average molecular weight is 163 g/mol. The highest BCUT2D eigenvalue weighted by Gasteiger charge is 2.33. The molecule has 0 aromatic carbocycles. The summed E-state index contributed by atoms with van der Waals surface area (Å²) in [6, 6.07) is 3.81. The first kappa shape index (κ1) is 7.24. The van der Waals surface area contributed by atoms with Gasteiger partial charge in [0.15, 0.2) is 5.84 Å². The standard InChI is InChI=1S/C8H11N4/c1-12(2)8-6(7(9)11-12)4-3-5-10-8/h3-5H,1-2H3,(H2,9,11)/q+1. The number of rotatable bonds is 0. The Morgan fingerprint density at radius 3 is 2.83 bits per heavy atom. The van der Waals surface area contributed by atoms with Gasteiger partial charge in [-0.2, -0.15) is 4.59 Å². The summed E-state index contributed by atoms with van der Waals surface area (Å²) < 4.78 is 0.391. The summed E-state index contributed by atoms with van der Waals surface area (Å²) in [4.78, 5) is 4.24. The minimum absolute atomic E-state index is 0.391. The van der Waals surface area contributed by atoms with Crippen molar-refractivity contribution in [3.05, 3.63) is 23.9 Å². The smallest absolute Gasteiger partial charge is 0.265 e. The molecule has 1 aliphatic rings. The predicted molar refractivity (Wildman–Crippen MR) is 48.6 cm³/mol. The van der Waals surface area contributed by atoms with E-state index in [1.54, 1.807) is 6.20 Å². The number of pyridine rings is 1. The summed E-state index contributed by atoms with van der Waals surface area (Å²) in [7, 11) is 3.90. The van der Waals surface area contributed by atoms with Crippen LogP contribution in [-0.4, -0.2) is 24.9 Å². The van der Waals surface area contributed by atoms with E-state index in [1.807, 2.05) is 26.2 Å². The highest BCUT2D eigenvalue weighted by atomic mass is 15.6. The first-order valence-corrected chi connectivity index (χ1v) is 3.77. The number of quaternary nitrogens is 1. The molecule has 62 valence electrons. The van der Waals surface area contributed by atoms with Crippen LogP contribution in [0.2, 0.25) is 0 Å². The number of hydrogen-bond acceptors (Lipinski definition) is 3. The fraction of sp³-hybridized carbons (Fsp3) is 0.250. The van der Waals surface area contributed by atoms with Crippen LogP contribution in [0.4, 0.5) is 5.82 Å². The molecule has 0 amide bonds. The topological polar surface area (TPSA) is 51.3 Å². The Morgan fingerprint density at radius 1 is 1.42 bits per heavy atom. The molecule has 1 aliphatic heterocycles. The zero-order valence-corrected chi connectivity index (χ0v) is 7.15. The van der Waals surface area contributed by atoms with Crippen molar-refractivity contribution in [1.29, 1.82) is 0 Å². The minimum Gasteiger partial charge on any atom is -0.379 e. The van der Waals surface area contributed by atoms with E-state index in [-0.39, 0.29) is 0 Å². The van der Waals surface area contributed by atoms with E-state index < -0.39 is 0 Å². The number of hydrogen-bond donors (Lipinski definition) is 1. The van der Waals surface area contributed by atoms with Gasteiger partial charge in [0, 0.05) is 6.20 Å². The molecule has 2 heterocycles. The molecule has 0 fully saturated rings. The number of aromatic nitrogens is 1. The van der Waals surface area contributed by atoms with Gasteiger partial charge in [0.1, 0.15) is 5.56 Å². The Hall–Kier alpha value is -1.42. The number of nitrogens with two attached hydrogens (primary N) is 1. The van der Waals surface area contributed by atoms with Gasteiger partial charge in [-0.3, -0.25) is 0 Å². The monoisotopic (exact) mass is 163 g/mol. The van der Waals surface area contributed by atoms with Gasteiger partial charge in [0.25, 0.3) is 5.82 Å². The van der Waals surface area contributed by atoms with Gasteiger partial charge in [-0.1, -0.05) is 5.10 Å². The Balaban J connectivity index is 2.68. The molecule has 0 atom stereocenters. The SMILES string of the molecule is C[N+]1(C)N=C(N)c2cccnc21. The van der Waals surface area contributed by atoms with Gasteiger partial charge in [0.2, 0.25) is 0 Å². The molecular weight excluding hydrogens is 152 g/mol. The molecule has 1 aromatic rings. The summed E-state index contributed by atoms with van der Waals surface area (Å²) >= 11 is 0. The van der Waals surface area contributed by atoms with E-state index in [0.29, 0.717) is 10.4 Å². The molecule has 1 aromatic heterocycles. The molecule has 0 aliphatic carbocycles. The van der Waals surface area contributed by atoms with E-state index in [9.17, 15) is 0 Å². The summed E-state index contributed by atoms with van der Waals surface area (Å²) in [6.45, 7) is 0. The lowest BCUT2D eigenvalue weighted by Crippen LogP contribution is -2.32. The largest absolute Gasteiger partial charge is 0.379 e. The van der Waals surface area contributed by atoms with Crippen LogP contribution in [0.25, 0.3) is 0 Å². The zero-order chi connectivity index (χ0) is 8.77. The van der Waals surface area contributed by atoms with Crippen molar-refractivity contribution in [2.24, 2.45) is 10.8 Å². The first-order valence-electron chi connectivity index (χ1n) is 3.77. The van der Waals surface area contributed by atoms with Gasteiger partial charge in [-0.15, -0.1) is 0 Å². The van der Waals surface area contributed by atoms with Gasteiger partial charge in [-0.25, -0.2) is 4.98 Å². The maximum atomic E-state index is 5.72. The highest BCUT2D eigenvalue weighted by molar-refractivity contribution is 6.04. The summed E-state index contributed by atoms with van der Waals surface area (Å²) in [6.07, 6.45) is 1.76. The highest BCUT2D eigenvalue weighted by Crippen LogP contribution is 2.26. The van der Waals surface area contributed by atoms with Crippen molar-refractivity contribution in [3.8, 4) is 0 Å². The Labute approximate surface area is 70.9 Å². The van der Waals surface area contributed by atoms with Gasteiger partial charge in [-0.05, 0) is 12.1 Å². The minimum atomic E-state index is 0.391. The first-order chi connectivity index (χ1) is 5.61. The molecule has 0 spiro atoms. The van der Waals surface area contributed by atoms with Crippen LogP contribution in [0.3, 0.4) is 0 Å². The molecule has 2 rings (SSSR count). The lowest BCUT2D eigenvalue weighted by atomic mass is 10.2. The quantitative estimate of drug-likeness (QED) is 0.558.